The second-order valence-electron chi connectivity index (χ2n) is 5.20. The van der Waals surface area contributed by atoms with Gasteiger partial charge in [0, 0.05) is 24.5 Å². The number of carbonyl (C=O) groups excluding carboxylic acids is 1. The summed E-state index contributed by atoms with van der Waals surface area (Å²) in [7, 11) is 0. The van der Waals surface area contributed by atoms with E-state index < -0.39 is 0 Å². The van der Waals surface area contributed by atoms with Crippen molar-refractivity contribution in [3.05, 3.63) is 30.6 Å². The molecule has 1 aromatic heterocycles. The Kier molecular flexibility index (Phi) is 5.63. The maximum Gasteiger partial charge on any atom is 0.224 e. The van der Waals surface area contributed by atoms with E-state index in [0.717, 1.165) is 36.0 Å². The van der Waals surface area contributed by atoms with Gasteiger partial charge < -0.3 is 11.1 Å². The Morgan fingerprint density at radius 2 is 2.00 bits per heavy atom. The lowest BCUT2D eigenvalue weighted by molar-refractivity contribution is -0.116. The second-order valence-corrected chi connectivity index (χ2v) is 5.20. The van der Waals surface area contributed by atoms with Crippen LogP contribution in [0.2, 0.25) is 0 Å². The zero-order chi connectivity index (χ0) is 15.1. The summed E-state index contributed by atoms with van der Waals surface area (Å²) in [5.41, 5.74) is 7.94. The number of hydrogen-bond acceptors (Lipinski definition) is 4. The fourth-order valence-electron chi connectivity index (χ4n) is 2.39. The minimum atomic E-state index is 0.0358. The van der Waals surface area contributed by atoms with Gasteiger partial charge in [0.05, 0.1) is 11.0 Å². The van der Waals surface area contributed by atoms with Gasteiger partial charge in [0.1, 0.15) is 0 Å². The molecule has 5 heteroatoms. The van der Waals surface area contributed by atoms with Crippen molar-refractivity contribution in [3.8, 4) is 0 Å². The largest absolute Gasteiger partial charge is 0.330 e. The first-order valence-electron chi connectivity index (χ1n) is 7.43. The van der Waals surface area contributed by atoms with Crippen molar-refractivity contribution < 1.29 is 4.79 Å². The van der Waals surface area contributed by atoms with E-state index in [-0.39, 0.29) is 5.91 Å². The molecule has 112 valence electrons. The van der Waals surface area contributed by atoms with Gasteiger partial charge in [-0.15, -0.1) is 0 Å². The van der Waals surface area contributed by atoms with Crippen LogP contribution >= 0.6 is 0 Å². The minimum Gasteiger partial charge on any atom is -0.330 e. The molecule has 0 aliphatic carbocycles. The third-order valence-electron chi connectivity index (χ3n) is 3.68. The predicted octanol–water partition coefficient (Wildman–Crippen LogP) is 2.72. The van der Waals surface area contributed by atoms with Crippen molar-refractivity contribution in [2.24, 2.45) is 11.7 Å². The lowest BCUT2D eigenvalue weighted by Crippen LogP contribution is -2.15. The van der Waals surface area contributed by atoms with Crippen molar-refractivity contribution >= 4 is 22.6 Å². The summed E-state index contributed by atoms with van der Waals surface area (Å²) in [6.45, 7) is 2.82. The molecule has 1 amide bonds. The van der Waals surface area contributed by atoms with Gasteiger partial charge in [-0.05, 0) is 43.5 Å². The number of anilines is 1. The molecule has 0 aliphatic rings. The van der Waals surface area contributed by atoms with Gasteiger partial charge in [-0.2, -0.15) is 0 Å². The van der Waals surface area contributed by atoms with Gasteiger partial charge in [0.15, 0.2) is 0 Å². The first-order chi connectivity index (χ1) is 10.2. The maximum atomic E-state index is 12.0. The Labute approximate surface area is 125 Å². The van der Waals surface area contributed by atoms with Crippen LogP contribution in [-0.4, -0.2) is 22.4 Å². The smallest absolute Gasteiger partial charge is 0.224 e. The number of nitrogens with zero attached hydrogens (tertiary/aromatic N) is 2. The quantitative estimate of drug-likeness (QED) is 0.820. The van der Waals surface area contributed by atoms with Gasteiger partial charge in [-0.25, -0.2) is 0 Å². The first kappa shape index (κ1) is 15.4. The number of nitrogens with one attached hydrogen (secondary N) is 1. The number of hydrogen-bond donors (Lipinski definition) is 2. The fourth-order valence-corrected chi connectivity index (χ4v) is 2.39. The Hall–Kier alpha value is -2.01. The van der Waals surface area contributed by atoms with E-state index in [2.05, 4.69) is 22.2 Å². The number of benzene rings is 1. The van der Waals surface area contributed by atoms with E-state index in [1.54, 1.807) is 12.4 Å². The molecule has 3 N–H and O–H groups in total. The van der Waals surface area contributed by atoms with Gasteiger partial charge in [0.2, 0.25) is 5.91 Å². The fraction of sp³-hybridized carbons (Fsp3) is 0.438. The molecular formula is C16H22N4O. The third-order valence-corrected chi connectivity index (χ3v) is 3.68. The van der Waals surface area contributed by atoms with Crippen molar-refractivity contribution in [1.82, 2.24) is 9.97 Å². The summed E-state index contributed by atoms with van der Waals surface area (Å²) in [5.74, 6) is 0.567. The molecule has 21 heavy (non-hydrogen) atoms. The monoisotopic (exact) mass is 286 g/mol. The average Bonchev–Trinajstić information content (AvgIpc) is 2.51. The van der Waals surface area contributed by atoms with Crippen LogP contribution in [-0.2, 0) is 4.79 Å². The third kappa shape index (κ3) is 4.49. The summed E-state index contributed by atoms with van der Waals surface area (Å²) in [6.07, 6.45) is 6.75. The number of fused-ring (bicyclic) bond motifs is 1. The van der Waals surface area contributed by atoms with Crippen LogP contribution in [0.15, 0.2) is 30.6 Å². The van der Waals surface area contributed by atoms with Crippen LogP contribution in [0.3, 0.4) is 0 Å². The van der Waals surface area contributed by atoms with Crippen LogP contribution in [0, 0.1) is 5.92 Å². The SMILES string of the molecule is CCC(CCN)CCC(=O)Nc1ccc2nccnc2c1. The Bertz CT molecular complexity index is 600. The maximum absolute atomic E-state index is 12.0. The first-order valence-corrected chi connectivity index (χ1v) is 7.43. The highest BCUT2D eigenvalue weighted by atomic mass is 16.1. The van der Waals surface area contributed by atoms with Crippen LogP contribution < -0.4 is 11.1 Å². The molecule has 0 aliphatic heterocycles. The summed E-state index contributed by atoms with van der Waals surface area (Å²) in [5, 5.41) is 2.92. The number of carbonyl (C=O) groups is 1. The molecule has 5 nitrogen and oxygen atoms in total. The minimum absolute atomic E-state index is 0.0358. The number of amides is 1. The Morgan fingerprint density at radius 3 is 2.71 bits per heavy atom. The van der Waals surface area contributed by atoms with Crippen LogP contribution in [0.4, 0.5) is 5.69 Å². The van der Waals surface area contributed by atoms with Crippen molar-refractivity contribution in [2.75, 3.05) is 11.9 Å². The Morgan fingerprint density at radius 1 is 1.24 bits per heavy atom. The van der Waals surface area contributed by atoms with Crippen molar-refractivity contribution in [3.63, 3.8) is 0 Å². The zero-order valence-electron chi connectivity index (χ0n) is 12.4. The molecule has 0 saturated heterocycles. The standard InChI is InChI=1S/C16H22N4O/c1-2-12(7-8-17)3-6-16(21)20-13-4-5-14-15(11-13)19-10-9-18-14/h4-5,9-12H,2-3,6-8,17H2,1H3,(H,20,21). The molecule has 2 rings (SSSR count). The molecule has 1 atom stereocenters. The van der Waals surface area contributed by atoms with Crippen molar-refractivity contribution in [1.29, 1.82) is 0 Å². The average molecular weight is 286 g/mol. The second kappa shape index (κ2) is 7.69. The van der Waals surface area contributed by atoms with E-state index in [0.29, 0.717) is 18.9 Å². The lowest BCUT2D eigenvalue weighted by Gasteiger charge is -2.13. The van der Waals surface area contributed by atoms with E-state index in [4.69, 9.17) is 5.73 Å². The molecule has 1 unspecified atom stereocenters. The zero-order valence-corrected chi connectivity index (χ0v) is 12.4. The molecule has 0 saturated carbocycles. The number of nitrogens with two attached hydrogens (primary N) is 1. The van der Waals surface area contributed by atoms with Crippen LogP contribution in [0.1, 0.15) is 32.6 Å². The molecule has 1 heterocycles. The van der Waals surface area contributed by atoms with E-state index in [1.807, 2.05) is 18.2 Å². The summed E-state index contributed by atoms with van der Waals surface area (Å²) >= 11 is 0. The molecular weight excluding hydrogens is 264 g/mol. The molecule has 0 radical (unpaired) electrons. The van der Waals surface area contributed by atoms with Crippen LogP contribution in [0.25, 0.3) is 11.0 Å². The van der Waals surface area contributed by atoms with E-state index in [1.165, 1.54) is 0 Å². The highest BCUT2D eigenvalue weighted by Gasteiger charge is 2.09. The van der Waals surface area contributed by atoms with E-state index in [9.17, 15) is 4.79 Å². The Balaban J connectivity index is 1.91. The van der Waals surface area contributed by atoms with E-state index >= 15 is 0 Å². The van der Waals surface area contributed by atoms with Gasteiger partial charge in [0.25, 0.3) is 0 Å². The van der Waals surface area contributed by atoms with Gasteiger partial charge >= 0.3 is 0 Å². The molecule has 0 bridgehead atoms. The van der Waals surface area contributed by atoms with Gasteiger partial charge in [-0.3, -0.25) is 14.8 Å². The normalized spacial score (nSPS) is 12.3. The molecule has 0 fully saturated rings. The van der Waals surface area contributed by atoms with Crippen LogP contribution in [0.5, 0.6) is 0 Å². The lowest BCUT2D eigenvalue weighted by atomic mass is 9.96. The summed E-state index contributed by atoms with van der Waals surface area (Å²) in [6, 6.07) is 5.56. The molecule has 1 aromatic carbocycles. The topological polar surface area (TPSA) is 80.9 Å². The summed E-state index contributed by atoms with van der Waals surface area (Å²) < 4.78 is 0. The predicted molar refractivity (Wildman–Crippen MR) is 84.9 cm³/mol. The van der Waals surface area contributed by atoms with Gasteiger partial charge in [-0.1, -0.05) is 13.3 Å². The molecule has 2 aromatic rings. The van der Waals surface area contributed by atoms with Crippen molar-refractivity contribution in [2.45, 2.75) is 32.6 Å². The molecule has 0 spiro atoms. The number of rotatable bonds is 7. The highest BCUT2D eigenvalue weighted by molar-refractivity contribution is 5.92. The highest BCUT2D eigenvalue weighted by Crippen LogP contribution is 2.17. The summed E-state index contributed by atoms with van der Waals surface area (Å²) in [4.78, 5) is 20.4. The number of aromatic nitrogens is 2.